The van der Waals surface area contributed by atoms with E-state index < -0.39 is 9.05 Å². The second-order valence-corrected chi connectivity index (χ2v) is 7.43. The summed E-state index contributed by atoms with van der Waals surface area (Å²) in [6.07, 6.45) is 5.58. The molecule has 2 rings (SSSR count). The molecule has 1 aliphatic carbocycles. The van der Waals surface area contributed by atoms with Gasteiger partial charge in [-0.05, 0) is 36.5 Å². The van der Waals surface area contributed by atoms with Crippen LogP contribution in [0.4, 0.5) is 0 Å². The van der Waals surface area contributed by atoms with Gasteiger partial charge in [-0.1, -0.05) is 36.9 Å². The lowest BCUT2D eigenvalue weighted by Gasteiger charge is -2.23. The molecule has 1 aliphatic rings. The lowest BCUT2D eigenvalue weighted by Crippen LogP contribution is -2.08. The smallest absolute Gasteiger partial charge is 0.207 e. The Labute approximate surface area is 111 Å². The highest BCUT2D eigenvalue weighted by molar-refractivity contribution is 8.13. The van der Waals surface area contributed by atoms with Crippen LogP contribution in [0.3, 0.4) is 0 Å². The number of hydrogen-bond acceptors (Lipinski definition) is 2. The third-order valence-electron chi connectivity index (χ3n) is 3.28. The summed E-state index contributed by atoms with van der Waals surface area (Å²) in [6.45, 7) is 0. The molecule has 1 aromatic carbocycles. The maximum Gasteiger partial charge on any atom is 0.261 e. The van der Waals surface area contributed by atoms with Crippen LogP contribution < -0.4 is 0 Å². The molecule has 5 heteroatoms. The number of benzene rings is 1. The second-order valence-electron chi connectivity index (χ2n) is 4.45. The SMILES string of the molecule is O=S(=O)(Cl)c1cc(Cl)ccc1C1CCCCC1. The van der Waals surface area contributed by atoms with Crippen molar-refractivity contribution in [3.63, 3.8) is 0 Å². The summed E-state index contributed by atoms with van der Waals surface area (Å²) in [6, 6.07) is 4.98. The predicted molar refractivity (Wildman–Crippen MR) is 70.3 cm³/mol. The van der Waals surface area contributed by atoms with Gasteiger partial charge in [-0.3, -0.25) is 0 Å². The highest BCUT2D eigenvalue weighted by Gasteiger charge is 2.23. The van der Waals surface area contributed by atoms with E-state index in [9.17, 15) is 8.42 Å². The van der Waals surface area contributed by atoms with Gasteiger partial charge in [-0.15, -0.1) is 0 Å². The minimum Gasteiger partial charge on any atom is -0.207 e. The third-order valence-corrected chi connectivity index (χ3v) is 4.90. The summed E-state index contributed by atoms with van der Waals surface area (Å²) in [5.41, 5.74) is 0.823. The normalized spacial score (nSPS) is 18.2. The van der Waals surface area contributed by atoms with Crippen molar-refractivity contribution in [2.75, 3.05) is 0 Å². The van der Waals surface area contributed by atoms with Crippen LogP contribution in [-0.2, 0) is 9.05 Å². The van der Waals surface area contributed by atoms with Crippen molar-refractivity contribution in [1.82, 2.24) is 0 Å². The summed E-state index contributed by atoms with van der Waals surface area (Å²) < 4.78 is 23.1. The summed E-state index contributed by atoms with van der Waals surface area (Å²) in [5.74, 6) is 0.296. The van der Waals surface area contributed by atoms with E-state index in [1.165, 1.54) is 12.5 Å². The third kappa shape index (κ3) is 3.15. The van der Waals surface area contributed by atoms with Gasteiger partial charge in [0.2, 0.25) is 0 Å². The van der Waals surface area contributed by atoms with E-state index in [0.29, 0.717) is 10.9 Å². The molecule has 17 heavy (non-hydrogen) atoms. The monoisotopic (exact) mass is 292 g/mol. The molecule has 0 saturated heterocycles. The molecule has 0 bridgehead atoms. The molecule has 0 radical (unpaired) electrons. The van der Waals surface area contributed by atoms with E-state index in [0.717, 1.165) is 31.2 Å². The topological polar surface area (TPSA) is 34.1 Å². The number of rotatable bonds is 2. The van der Waals surface area contributed by atoms with Gasteiger partial charge in [0.15, 0.2) is 0 Å². The molecule has 0 atom stereocenters. The van der Waals surface area contributed by atoms with Crippen LogP contribution in [0.5, 0.6) is 0 Å². The van der Waals surface area contributed by atoms with Crippen molar-refractivity contribution in [2.45, 2.75) is 42.9 Å². The van der Waals surface area contributed by atoms with Gasteiger partial charge < -0.3 is 0 Å². The summed E-state index contributed by atoms with van der Waals surface area (Å²) in [7, 11) is 1.75. The molecule has 0 aliphatic heterocycles. The molecule has 0 N–H and O–H groups in total. The predicted octanol–water partition coefficient (Wildman–Crippen LogP) is 4.32. The van der Waals surface area contributed by atoms with E-state index in [4.69, 9.17) is 22.3 Å². The molecular formula is C12H14Cl2O2S. The first-order valence-electron chi connectivity index (χ1n) is 5.72. The van der Waals surface area contributed by atoms with Crippen LogP contribution in [-0.4, -0.2) is 8.42 Å². The minimum atomic E-state index is -3.72. The van der Waals surface area contributed by atoms with Gasteiger partial charge in [0.1, 0.15) is 0 Å². The zero-order valence-corrected chi connectivity index (χ0v) is 11.7. The fraction of sp³-hybridized carbons (Fsp3) is 0.500. The zero-order valence-electron chi connectivity index (χ0n) is 9.33. The Balaban J connectivity index is 2.45. The van der Waals surface area contributed by atoms with Gasteiger partial charge in [0.05, 0.1) is 4.90 Å². The Kier molecular flexibility index (Phi) is 4.01. The molecule has 1 saturated carbocycles. The van der Waals surface area contributed by atoms with E-state index in [2.05, 4.69) is 0 Å². The maximum absolute atomic E-state index is 11.6. The Morgan fingerprint density at radius 1 is 1.12 bits per heavy atom. The Morgan fingerprint density at radius 3 is 2.35 bits per heavy atom. The number of hydrogen-bond donors (Lipinski definition) is 0. The fourth-order valence-electron chi connectivity index (χ4n) is 2.47. The summed E-state index contributed by atoms with van der Waals surface area (Å²) in [4.78, 5) is 0.179. The van der Waals surface area contributed by atoms with Gasteiger partial charge >= 0.3 is 0 Å². The lowest BCUT2D eigenvalue weighted by atomic mass is 9.84. The average molecular weight is 293 g/mol. The molecule has 1 fully saturated rings. The van der Waals surface area contributed by atoms with E-state index in [-0.39, 0.29) is 4.90 Å². The molecular weight excluding hydrogens is 279 g/mol. The standard InChI is InChI=1S/C12H14Cl2O2S/c13-10-6-7-11(9-4-2-1-3-5-9)12(8-10)17(14,15)16/h6-9H,1-5H2. The van der Waals surface area contributed by atoms with E-state index in [1.807, 2.05) is 0 Å². The first kappa shape index (κ1) is 13.2. The van der Waals surface area contributed by atoms with Crippen molar-refractivity contribution in [3.8, 4) is 0 Å². The lowest BCUT2D eigenvalue weighted by molar-refractivity contribution is 0.439. The van der Waals surface area contributed by atoms with Crippen LogP contribution in [0.15, 0.2) is 23.1 Å². The van der Waals surface area contributed by atoms with Crippen molar-refractivity contribution >= 4 is 31.3 Å². The Hall–Kier alpha value is -0.250. The van der Waals surface area contributed by atoms with Crippen LogP contribution in [0.25, 0.3) is 0 Å². The molecule has 0 amide bonds. The largest absolute Gasteiger partial charge is 0.261 e. The van der Waals surface area contributed by atoms with Crippen LogP contribution >= 0.6 is 22.3 Å². The molecule has 0 aromatic heterocycles. The highest BCUT2D eigenvalue weighted by atomic mass is 35.7. The van der Waals surface area contributed by atoms with E-state index in [1.54, 1.807) is 12.1 Å². The molecule has 0 unspecified atom stereocenters. The quantitative estimate of drug-likeness (QED) is 0.761. The van der Waals surface area contributed by atoms with Gasteiger partial charge in [0.25, 0.3) is 9.05 Å². The van der Waals surface area contributed by atoms with Gasteiger partial charge in [-0.25, -0.2) is 8.42 Å². The Bertz CT molecular complexity index is 505. The maximum atomic E-state index is 11.6. The second kappa shape index (κ2) is 5.17. The van der Waals surface area contributed by atoms with Crippen molar-refractivity contribution in [1.29, 1.82) is 0 Å². The zero-order chi connectivity index (χ0) is 12.5. The van der Waals surface area contributed by atoms with Gasteiger partial charge in [-0.2, -0.15) is 0 Å². The summed E-state index contributed by atoms with van der Waals surface area (Å²) >= 11 is 5.84. The molecule has 1 aromatic rings. The van der Waals surface area contributed by atoms with Crippen molar-refractivity contribution in [2.24, 2.45) is 0 Å². The molecule has 94 valence electrons. The van der Waals surface area contributed by atoms with E-state index >= 15 is 0 Å². The van der Waals surface area contributed by atoms with Crippen molar-refractivity contribution in [3.05, 3.63) is 28.8 Å². The number of halogens is 2. The fourth-order valence-corrected chi connectivity index (χ4v) is 3.89. The molecule has 0 spiro atoms. The van der Waals surface area contributed by atoms with Crippen LogP contribution in [0.2, 0.25) is 5.02 Å². The minimum absolute atomic E-state index is 0.179. The Morgan fingerprint density at radius 2 is 1.76 bits per heavy atom. The molecule has 0 heterocycles. The van der Waals surface area contributed by atoms with Crippen LogP contribution in [0, 0.1) is 0 Å². The van der Waals surface area contributed by atoms with Crippen LogP contribution in [0.1, 0.15) is 43.6 Å². The molecule has 2 nitrogen and oxygen atoms in total. The first-order chi connectivity index (χ1) is 7.98. The highest BCUT2D eigenvalue weighted by Crippen LogP contribution is 2.37. The van der Waals surface area contributed by atoms with Gasteiger partial charge in [0, 0.05) is 15.7 Å². The van der Waals surface area contributed by atoms with Crippen molar-refractivity contribution < 1.29 is 8.42 Å². The average Bonchev–Trinajstić information content (AvgIpc) is 2.29. The first-order valence-corrected chi connectivity index (χ1v) is 8.41. The summed E-state index contributed by atoms with van der Waals surface area (Å²) in [5, 5.41) is 0.406.